The van der Waals surface area contributed by atoms with Crippen LogP contribution in [-0.4, -0.2) is 15.2 Å². The van der Waals surface area contributed by atoms with Gasteiger partial charge < -0.3 is 10.2 Å². The third kappa shape index (κ3) is 1.40. The van der Waals surface area contributed by atoms with Crippen LogP contribution in [0.3, 0.4) is 0 Å². The number of benzene rings is 1. The van der Waals surface area contributed by atoms with Gasteiger partial charge in [0.25, 0.3) is 0 Å². The van der Waals surface area contributed by atoms with E-state index in [2.05, 4.69) is 4.98 Å². The van der Waals surface area contributed by atoms with E-state index in [0.717, 1.165) is 0 Å². The molecule has 14 heavy (non-hydrogen) atoms. The van der Waals surface area contributed by atoms with Crippen LogP contribution in [0.5, 0.6) is 11.5 Å². The zero-order valence-electron chi connectivity index (χ0n) is 7.38. The lowest BCUT2D eigenvalue weighted by molar-refractivity contribution is 0.454. The van der Waals surface area contributed by atoms with Crippen molar-refractivity contribution in [1.82, 2.24) is 4.98 Å². The first kappa shape index (κ1) is 8.56. The normalized spacial score (nSPS) is 10.0. The molecule has 0 aliphatic carbocycles. The fourth-order valence-electron chi connectivity index (χ4n) is 1.30. The van der Waals surface area contributed by atoms with E-state index in [1.807, 2.05) is 0 Å². The number of aromatic nitrogens is 1. The second kappa shape index (κ2) is 3.38. The first-order chi connectivity index (χ1) is 6.79. The first-order valence-electron chi connectivity index (χ1n) is 4.21. The van der Waals surface area contributed by atoms with E-state index in [1.54, 1.807) is 30.5 Å². The van der Waals surface area contributed by atoms with Crippen LogP contribution in [0.2, 0.25) is 0 Å². The first-order valence-corrected chi connectivity index (χ1v) is 4.21. The number of rotatable bonds is 1. The Morgan fingerprint density at radius 3 is 2.14 bits per heavy atom. The average Bonchev–Trinajstić information content (AvgIpc) is 2.19. The Bertz CT molecular complexity index is 420. The highest BCUT2D eigenvalue weighted by molar-refractivity contribution is 5.73. The van der Waals surface area contributed by atoms with Gasteiger partial charge in [0.1, 0.15) is 11.5 Å². The number of pyridine rings is 1. The molecule has 0 atom stereocenters. The zero-order chi connectivity index (χ0) is 9.97. The highest BCUT2D eigenvalue weighted by Gasteiger charge is 2.09. The molecule has 70 valence electrons. The molecule has 2 rings (SSSR count). The van der Waals surface area contributed by atoms with Gasteiger partial charge in [-0.3, -0.25) is 4.98 Å². The molecule has 1 heterocycles. The summed E-state index contributed by atoms with van der Waals surface area (Å²) in [5, 5.41) is 19.1. The molecule has 0 spiro atoms. The molecule has 2 N–H and O–H groups in total. The van der Waals surface area contributed by atoms with Crippen molar-refractivity contribution in [3.05, 3.63) is 42.6 Å². The summed E-state index contributed by atoms with van der Waals surface area (Å²) in [6, 6.07) is 9.92. The van der Waals surface area contributed by atoms with Crippen LogP contribution in [0.4, 0.5) is 0 Å². The van der Waals surface area contributed by atoms with Crippen LogP contribution < -0.4 is 0 Å². The van der Waals surface area contributed by atoms with E-state index >= 15 is 0 Å². The quantitative estimate of drug-likeness (QED) is 0.719. The maximum absolute atomic E-state index is 9.54. The van der Waals surface area contributed by atoms with Gasteiger partial charge in [0, 0.05) is 6.20 Å². The van der Waals surface area contributed by atoms with Gasteiger partial charge in [-0.25, -0.2) is 0 Å². The molecule has 1 aromatic heterocycles. The van der Waals surface area contributed by atoms with Crippen molar-refractivity contribution in [2.45, 2.75) is 0 Å². The number of hydrogen-bond acceptors (Lipinski definition) is 3. The van der Waals surface area contributed by atoms with Crippen molar-refractivity contribution in [3.63, 3.8) is 0 Å². The third-order valence-electron chi connectivity index (χ3n) is 1.94. The van der Waals surface area contributed by atoms with Crippen molar-refractivity contribution in [2.75, 3.05) is 0 Å². The zero-order valence-corrected chi connectivity index (χ0v) is 7.38. The van der Waals surface area contributed by atoms with Gasteiger partial charge in [0.05, 0.1) is 11.3 Å². The molecular weight excluding hydrogens is 178 g/mol. The summed E-state index contributed by atoms with van der Waals surface area (Å²) in [4.78, 5) is 4.05. The Morgan fingerprint density at radius 1 is 0.857 bits per heavy atom. The lowest BCUT2D eigenvalue weighted by Gasteiger charge is -2.05. The molecule has 3 nitrogen and oxygen atoms in total. The fraction of sp³-hybridized carbons (Fsp3) is 0. The van der Waals surface area contributed by atoms with Gasteiger partial charge in [-0.05, 0) is 24.3 Å². The van der Waals surface area contributed by atoms with Gasteiger partial charge in [0.2, 0.25) is 0 Å². The van der Waals surface area contributed by atoms with Crippen molar-refractivity contribution >= 4 is 0 Å². The Balaban J connectivity index is 2.63. The molecule has 0 fully saturated rings. The summed E-state index contributed by atoms with van der Waals surface area (Å²) in [5.74, 6) is 0.0624. The van der Waals surface area contributed by atoms with Crippen LogP contribution in [0, 0.1) is 0 Å². The van der Waals surface area contributed by atoms with E-state index in [0.29, 0.717) is 11.3 Å². The largest absolute Gasteiger partial charge is 0.507 e. The third-order valence-corrected chi connectivity index (χ3v) is 1.94. The molecule has 0 aliphatic heterocycles. The second-order valence-electron chi connectivity index (χ2n) is 2.89. The van der Waals surface area contributed by atoms with E-state index in [1.165, 1.54) is 12.1 Å². The van der Waals surface area contributed by atoms with Gasteiger partial charge in [-0.15, -0.1) is 0 Å². The molecule has 0 saturated heterocycles. The summed E-state index contributed by atoms with van der Waals surface area (Å²) >= 11 is 0. The smallest absolute Gasteiger partial charge is 0.128 e. The second-order valence-corrected chi connectivity index (χ2v) is 2.89. The minimum Gasteiger partial charge on any atom is -0.507 e. The summed E-state index contributed by atoms with van der Waals surface area (Å²) < 4.78 is 0. The Hall–Kier alpha value is -2.03. The molecular formula is C11H9NO2. The van der Waals surface area contributed by atoms with E-state index in [4.69, 9.17) is 0 Å². The molecule has 0 radical (unpaired) electrons. The van der Waals surface area contributed by atoms with E-state index < -0.39 is 0 Å². The Kier molecular flexibility index (Phi) is 2.07. The summed E-state index contributed by atoms with van der Waals surface area (Å²) in [6.07, 6.45) is 1.61. The predicted molar refractivity (Wildman–Crippen MR) is 53.0 cm³/mol. The minimum atomic E-state index is 0.0312. The fourth-order valence-corrected chi connectivity index (χ4v) is 1.30. The SMILES string of the molecule is Oc1cccc(O)c1-c1ccccn1. The van der Waals surface area contributed by atoms with Crippen molar-refractivity contribution in [3.8, 4) is 22.8 Å². The van der Waals surface area contributed by atoms with Crippen LogP contribution in [0.15, 0.2) is 42.6 Å². The predicted octanol–water partition coefficient (Wildman–Crippen LogP) is 2.16. The topological polar surface area (TPSA) is 53.4 Å². The molecule has 2 aromatic rings. The standard InChI is InChI=1S/C11H9NO2/c13-9-5-3-6-10(14)11(9)8-4-1-2-7-12-8/h1-7,13-14H. The molecule has 0 amide bonds. The maximum Gasteiger partial charge on any atom is 0.128 e. The van der Waals surface area contributed by atoms with E-state index in [-0.39, 0.29) is 11.5 Å². The maximum atomic E-state index is 9.54. The van der Waals surface area contributed by atoms with Gasteiger partial charge >= 0.3 is 0 Å². The number of nitrogens with zero attached hydrogens (tertiary/aromatic N) is 1. The highest BCUT2D eigenvalue weighted by Crippen LogP contribution is 2.35. The summed E-state index contributed by atoms with van der Waals surface area (Å²) in [7, 11) is 0. The van der Waals surface area contributed by atoms with Crippen molar-refractivity contribution in [1.29, 1.82) is 0 Å². The number of phenolic OH excluding ortho intramolecular Hbond substituents is 2. The van der Waals surface area contributed by atoms with Crippen LogP contribution in [0.1, 0.15) is 0 Å². The summed E-state index contributed by atoms with van der Waals surface area (Å²) in [6.45, 7) is 0. The minimum absolute atomic E-state index is 0.0312. The number of phenols is 2. The molecule has 0 aliphatic rings. The van der Waals surface area contributed by atoms with Gasteiger partial charge in [-0.2, -0.15) is 0 Å². The molecule has 0 bridgehead atoms. The monoisotopic (exact) mass is 187 g/mol. The molecule has 3 heteroatoms. The van der Waals surface area contributed by atoms with Crippen LogP contribution in [0.25, 0.3) is 11.3 Å². The van der Waals surface area contributed by atoms with Gasteiger partial charge in [0.15, 0.2) is 0 Å². The molecule has 1 aromatic carbocycles. The average molecular weight is 187 g/mol. The highest BCUT2D eigenvalue weighted by atomic mass is 16.3. The Morgan fingerprint density at radius 2 is 1.57 bits per heavy atom. The summed E-state index contributed by atoms with van der Waals surface area (Å²) in [5.41, 5.74) is 0.927. The lowest BCUT2D eigenvalue weighted by atomic mass is 10.1. The molecule has 0 saturated carbocycles. The van der Waals surface area contributed by atoms with Crippen molar-refractivity contribution in [2.24, 2.45) is 0 Å². The van der Waals surface area contributed by atoms with Crippen molar-refractivity contribution < 1.29 is 10.2 Å². The number of aromatic hydroxyl groups is 2. The van der Waals surface area contributed by atoms with E-state index in [9.17, 15) is 10.2 Å². The molecule has 0 unspecified atom stereocenters. The lowest BCUT2D eigenvalue weighted by Crippen LogP contribution is -1.83. The van der Waals surface area contributed by atoms with Gasteiger partial charge in [-0.1, -0.05) is 12.1 Å². The van der Waals surface area contributed by atoms with Crippen LogP contribution in [-0.2, 0) is 0 Å². The van der Waals surface area contributed by atoms with Crippen LogP contribution >= 0.6 is 0 Å². The number of hydrogen-bond donors (Lipinski definition) is 2. The Labute approximate surface area is 81.3 Å².